The summed E-state index contributed by atoms with van der Waals surface area (Å²) in [6.07, 6.45) is 0. The number of nitrogens with one attached hydrogen (secondary N) is 2. The molecular formula is C20H18N2O7S2. The van der Waals surface area contributed by atoms with Crippen LogP contribution in [0.1, 0.15) is 20.7 Å². The average molecular weight is 463 g/mol. The van der Waals surface area contributed by atoms with Gasteiger partial charge < -0.3 is 19.9 Å². The smallest absolute Gasteiger partial charge is 0.336 e. The first-order chi connectivity index (χ1) is 14.7. The lowest BCUT2D eigenvalue weighted by atomic mass is 10.1. The number of carbonyl (C=O) groups excluding carboxylic acids is 1. The number of aromatic carboxylic acids is 1. The van der Waals surface area contributed by atoms with Crippen LogP contribution < -0.4 is 19.5 Å². The van der Waals surface area contributed by atoms with Crippen LogP contribution in [-0.2, 0) is 10.0 Å². The molecule has 0 fully saturated rings. The van der Waals surface area contributed by atoms with Crippen molar-refractivity contribution in [3.05, 3.63) is 65.0 Å². The van der Waals surface area contributed by atoms with Crippen LogP contribution in [0.4, 0.5) is 11.4 Å². The molecule has 1 heterocycles. The first-order valence-electron chi connectivity index (χ1n) is 8.72. The van der Waals surface area contributed by atoms with E-state index in [0.29, 0.717) is 17.2 Å². The topological polar surface area (TPSA) is 131 Å². The van der Waals surface area contributed by atoms with E-state index in [0.717, 1.165) is 17.4 Å². The van der Waals surface area contributed by atoms with Gasteiger partial charge in [0.15, 0.2) is 0 Å². The Kier molecular flexibility index (Phi) is 6.47. The third-order valence-corrected chi connectivity index (χ3v) is 6.97. The molecule has 0 unspecified atom stereocenters. The minimum Gasteiger partial charge on any atom is -0.497 e. The number of ether oxygens (including phenoxy) is 2. The van der Waals surface area contributed by atoms with Gasteiger partial charge in [0, 0.05) is 11.4 Å². The van der Waals surface area contributed by atoms with Gasteiger partial charge in [-0.25, -0.2) is 13.2 Å². The Morgan fingerprint density at radius 1 is 1.00 bits per heavy atom. The number of amides is 1. The number of benzene rings is 2. The Bertz CT molecular complexity index is 1240. The number of carboxylic acids is 1. The fraction of sp³-hybridized carbons (Fsp3) is 0.100. The van der Waals surface area contributed by atoms with E-state index >= 15 is 0 Å². The molecule has 0 atom stereocenters. The summed E-state index contributed by atoms with van der Waals surface area (Å²) in [4.78, 5) is 23.9. The maximum atomic E-state index is 12.9. The van der Waals surface area contributed by atoms with Crippen molar-refractivity contribution in [3.63, 3.8) is 0 Å². The summed E-state index contributed by atoms with van der Waals surface area (Å²) in [5.74, 6) is -0.893. The van der Waals surface area contributed by atoms with Crippen molar-refractivity contribution >= 4 is 44.6 Å². The zero-order valence-corrected chi connectivity index (χ0v) is 18.0. The second-order valence-electron chi connectivity index (χ2n) is 6.13. The number of hydrogen-bond acceptors (Lipinski definition) is 7. The van der Waals surface area contributed by atoms with Crippen molar-refractivity contribution in [2.24, 2.45) is 0 Å². The Balaban J connectivity index is 1.88. The molecule has 3 rings (SSSR count). The molecule has 3 aromatic rings. The van der Waals surface area contributed by atoms with Gasteiger partial charge in [-0.2, -0.15) is 0 Å². The van der Waals surface area contributed by atoms with Crippen molar-refractivity contribution in [3.8, 4) is 11.5 Å². The van der Waals surface area contributed by atoms with Crippen molar-refractivity contribution in [1.82, 2.24) is 0 Å². The van der Waals surface area contributed by atoms with E-state index in [1.54, 1.807) is 30.3 Å². The van der Waals surface area contributed by atoms with Crippen LogP contribution >= 0.6 is 11.3 Å². The van der Waals surface area contributed by atoms with E-state index in [1.807, 2.05) is 0 Å². The zero-order chi connectivity index (χ0) is 22.6. The Morgan fingerprint density at radius 2 is 1.74 bits per heavy atom. The van der Waals surface area contributed by atoms with E-state index < -0.39 is 21.9 Å². The van der Waals surface area contributed by atoms with Gasteiger partial charge in [0.2, 0.25) is 0 Å². The van der Waals surface area contributed by atoms with Crippen LogP contribution in [0.3, 0.4) is 0 Å². The van der Waals surface area contributed by atoms with Gasteiger partial charge in [0.1, 0.15) is 15.7 Å². The Morgan fingerprint density at radius 3 is 2.39 bits per heavy atom. The van der Waals surface area contributed by atoms with E-state index in [4.69, 9.17) is 14.6 Å². The predicted octanol–water partition coefficient (Wildman–Crippen LogP) is 3.52. The van der Waals surface area contributed by atoms with Gasteiger partial charge in [0.25, 0.3) is 15.9 Å². The highest BCUT2D eigenvalue weighted by Gasteiger charge is 2.22. The SMILES string of the molecule is COc1ccc(NC(=O)c2ccccc2NS(=O)(=O)c2cc(C(=O)O)cs2)c(OC)c1. The summed E-state index contributed by atoms with van der Waals surface area (Å²) >= 11 is 0.769. The molecule has 0 aliphatic carbocycles. The zero-order valence-electron chi connectivity index (χ0n) is 16.4. The number of hydrogen-bond donors (Lipinski definition) is 3. The van der Waals surface area contributed by atoms with Crippen LogP contribution in [-0.4, -0.2) is 39.6 Å². The summed E-state index contributed by atoms with van der Waals surface area (Å²) in [5.41, 5.74) is 0.343. The first kappa shape index (κ1) is 22.1. The lowest BCUT2D eigenvalue weighted by molar-refractivity contribution is 0.0697. The molecule has 31 heavy (non-hydrogen) atoms. The molecule has 0 saturated heterocycles. The molecule has 1 amide bonds. The molecule has 0 aliphatic rings. The van der Waals surface area contributed by atoms with E-state index in [1.165, 1.54) is 31.7 Å². The number of carboxylic acid groups (broad SMARTS) is 1. The highest BCUT2D eigenvalue weighted by atomic mass is 32.2. The molecule has 2 aromatic carbocycles. The molecule has 0 bridgehead atoms. The molecule has 162 valence electrons. The van der Waals surface area contributed by atoms with Crippen molar-refractivity contribution < 1.29 is 32.6 Å². The number of carbonyl (C=O) groups is 2. The third-order valence-electron chi connectivity index (χ3n) is 4.16. The normalized spacial score (nSPS) is 10.9. The molecule has 0 spiro atoms. The molecule has 0 radical (unpaired) electrons. The van der Waals surface area contributed by atoms with Crippen LogP contribution in [0, 0.1) is 0 Å². The van der Waals surface area contributed by atoms with Gasteiger partial charge in [-0.15, -0.1) is 11.3 Å². The summed E-state index contributed by atoms with van der Waals surface area (Å²) in [6, 6.07) is 11.9. The van der Waals surface area contributed by atoms with Gasteiger partial charge in [-0.3, -0.25) is 9.52 Å². The largest absolute Gasteiger partial charge is 0.497 e. The first-order valence-corrected chi connectivity index (χ1v) is 11.1. The highest BCUT2D eigenvalue weighted by Crippen LogP contribution is 2.30. The lowest BCUT2D eigenvalue weighted by Gasteiger charge is -2.14. The number of sulfonamides is 1. The van der Waals surface area contributed by atoms with Crippen LogP contribution in [0.15, 0.2) is 58.1 Å². The standard InChI is InChI=1S/C20H18N2O7S2/c1-28-13-7-8-16(17(10-13)29-2)21-19(23)14-5-3-4-6-15(14)22-31(26,27)18-9-12(11-30-18)20(24)25/h3-11,22H,1-2H3,(H,21,23)(H,24,25). The number of thiophene rings is 1. The quantitative estimate of drug-likeness (QED) is 0.467. The summed E-state index contributed by atoms with van der Waals surface area (Å²) in [7, 11) is -1.15. The maximum absolute atomic E-state index is 12.9. The summed E-state index contributed by atoms with van der Waals surface area (Å²) in [5, 5.41) is 12.9. The number of rotatable bonds is 8. The summed E-state index contributed by atoms with van der Waals surface area (Å²) < 4.78 is 37.9. The highest BCUT2D eigenvalue weighted by molar-refractivity contribution is 7.94. The number of methoxy groups -OCH3 is 2. The minimum absolute atomic E-state index is 0.0396. The van der Waals surface area contributed by atoms with Crippen LogP contribution in [0.2, 0.25) is 0 Å². The molecular weight excluding hydrogens is 444 g/mol. The van der Waals surface area contributed by atoms with E-state index in [2.05, 4.69) is 10.0 Å². The molecule has 9 nitrogen and oxygen atoms in total. The summed E-state index contributed by atoms with van der Waals surface area (Å²) in [6.45, 7) is 0. The fourth-order valence-electron chi connectivity index (χ4n) is 2.63. The van der Waals surface area contributed by atoms with Crippen molar-refractivity contribution in [2.75, 3.05) is 24.3 Å². The van der Waals surface area contributed by atoms with Gasteiger partial charge in [0.05, 0.1) is 36.7 Å². The van der Waals surface area contributed by atoms with E-state index in [-0.39, 0.29) is 21.0 Å². The fourth-order valence-corrected chi connectivity index (χ4v) is 4.86. The second-order valence-corrected chi connectivity index (χ2v) is 8.95. The number of anilines is 2. The molecule has 3 N–H and O–H groups in total. The molecule has 1 aromatic heterocycles. The molecule has 0 saturated carbocycles. The lowest BCUT2D eigenvalue weighted by Crippen LogP contribution is -2.18. The maximum Gasteiger partial charge on any atom is 0.336 e. The molecule has 0 aliphatic heterocycles. The average Bonchev–Trinajstić information content (AvgIpc) is 3.26. The van der Waals surface area contributed by atoms with Gasteiger partial charge in [-0.1, -0.05) is 12.1 Å². The molecule has 11 heteroatoms. The van der Waals surface area contributed by atoms with E-state index in [9.17, 15) is 18.0 Å². The monoisotopic (exact) mass is 462 g/mol. The van der Waals surface area contributed by atoms with Crippen LogP contribution in [0.25, 0.3) is 0 Å². The second kappa shape index (κ2) is 9.06. The van der Waals surface area contributed by atoms with Crippen molar-refractivity contribution in [1.29, 1.82) is 0 Å². The Labute approximate surface area is 182 Å². The third kappa shape index (κ3) is 4.95. The predicted molar refractivity (Wildman–Crippen MR) is 116 cm³/mol. The number of para-hydroxylation sites is 1. The van der Waals surface area contributed by atoms with Crippen LogP contribution in [0.5, 0.6) is 11.5 Å². The van der Waals surface area contributed by atoms with Gasteiger partial charge >= 0.3 is 5.97 Å². The van der Waals surface area contributed by atoms with Crippen molar-refractivity contribution in [2.45, 2.75) is 4.21 Å². The minimum atomic E-state index is -4.09. The van der Waals surface area contributed by atoms with Gasteiger partial charge in [-0.05, 0) is 30.3 Å². The Hall–Kier alpha value is -3.57.